The summed E-state index contributed by atoms with van der Waals surface area (Å²) in [7, 11) is 0. The Hall–Kier alpha value is -1.81. The van der Waals surface area contributed by atoms with Crippen molar-refractivity contribution in [1.29, 1.82) is 0 Å². The van der Waals surface area contributed by atoms with Crippen molar-refractivity contribution in [2.45, 2.75) is 18.9 Å². The Bertz CT molecular complexity index is 694. The Morgan fingerprint density at radius 3 is 2.95 bits per heavy atom. The van der Waals surface area contributed by atoms with Gasteiger partial charge in [-0.25, -0.2) is 4.79 Å². The first-order valence-corrected chi connectivity index (χ1v) is 6.53. The van der Waals surface area contributed by atoms with Crippen LogP contribution in [0.15, 0.2) is 39.5 Å². The van der Waals surface area contributed by atoms with E-state index in [1.807, 2.05) is 23.1 Å². The molecule has 2 aromatic rings. The van der Waals surface area contributed by atoms with E-state index in [4.69, 9.17) is 16.0 Å². The lowest BCUT2D eigenvalue weighted by Gasteiger charge is -2.24. The second-order valence-corrected chi connectivity index (χ2v) is 4.97. The third-order valence-electron chi connectivity index (χ3n) is 3.45. The maximum absolute atomic E-state index is 11.6. The van der Waals surface area contributed by atoms with Gasteiger partial charge in [0.05, 0.1) is 5.69 Å². The summed E-state index contributed by atoms with van der Waals surface area (Å²) < 4.78 is 5.16. The molecular formula is C14H12ClNO3. The van der Waals surface area contributed by atoms with Crippen LogP contribution in [0.25, 0.3) is 11.0 Å². The molecule has 98 valence electrons. The first-order chi connectivity index (χ1) is 9.16. The van der Waals surface area contributed by atoms with Crippen LogP contribution in [-0.4, -0.2) is 17.8 Å². The number of halogens is 1. The van der Waals surface area contributed by atoms with E-state index in [1.54, 1.807) is 6.07 Å². The summed E-state index contributed by atoms with van der Waals surface area (Å²) in [6.45, 7) is 0.719. The van der Waals surface area contributed by atoms with Crippen molar-refractivity contribution in [2.75, 3.05) is 11.4 Å². The molecule has 0 unspecified atom stereocenters. The largest absolute Gasteiger partial charge is 0.423 e. The summed E-state index contributed by atoms with van der Waals surface area (Å²) >= 11 is 5.64. The summed E-state index contributed by atoms with van der Waals surface area (Å²) in [6, 6.07) is 8.38. The van der Waals surface area contributed by atoms with Crippen LogP contribution in [-0.2, 0) is 4.79 Å². The van der Waals surface area contributed by atoms with E-state index in [0.29, 0.717) is 5.58 Å². The Kier molecular flexibility index (Phi) is 3.03. The average Bonchev–Trinajstić information content (AvgIpc) is 2.86. The maximum Gasteiger partial charge on any atom is 0.338 e. The number of fused-ring (bicyclic) bond motifs is 1. The zero-order chi connectivity index (χ0) is 13.4. The van der Waals surface area contributed by atoms with Gasteiger partial charge < -0.3 is 9.32 Å². The lowest BCUT2D eigenvalue weighted by molar-refractivity contribution is -0.112. The molecular weight excluding hydrogens is 266 g/mol. The fourth-order valence-electron chi connectivity index (χ4n) is 2.62. The van der Waals surface area contributed by atoms with E-state index in [0.717, 1.165) is 30.5 Å². The smallest absolute Gasteiger partial charge is 0.338 e. The Labute approximate surface area is 114 Å². The third-order valence-corrected chi connectivity index (χ3v) is 3.70. The Morgan fingerprint density at radius 2 is 2.16 bits per heavy atom. The number of para-hydroxylation sites is 1. The number of benzene rings is 1. The van der Waals surface area contributed by atoms with Crippen LogP contribution >= 0.6 is 11.6 Å². The molecule has 1 saturated heterocycles. The van der Waals surface area contributed by atoms with Gasteiger partial charge in [0, 0.05) is 18.0 Å². The number of hydrogen-bond donors (Lipinski definition) is 0. The predicted octanol–water partition coefficient (Wildman–Crippen LogP) is 2.53. The number of anilines is 1. The molecule has 1 aromatic carbocycles. The first-order valence-electron chi connectivity index (χ1n) is 6.16. The third kappa shape index (κ3) is 2.12. The van der Waals surface area contributed by atoms with E-state index in [9.17, 15) is 9.59 Å². The molecule has 5 heteroatoms. The molecule has 0 spiro atoms. The van der Waals surface area contributed by atoms with Gasteiger partial charge in [0.25, 0.3) is 0 Å². The monoisotopic (exact) mass is 277 g/mol. The van der Waals surface area contributed by atoms with E-state index in [-0.39, 0.29) is 11.3 Å². The van der Waals surface area contributed by atoms with Gasteiger partial charge in [0.1, 0.15) is 11.6 Å². The molecule has 1 aliphatic heterocycles. The van der Waals surface area contributed by atoms with E-state index in [1.165, 1.54) is 6.07 Å². The second kappa shape index (κ2) is 4.70. The van der Waals surface area contributed by atoms with Crippen LogP contribution in [0.1, 0.15) is 12.8 Å². The summed E-state index contributed by atoms with van der Waals surface area (Å²) in [6.07, 6.45) is 1.61. The number of hydrogen-bond acceptors (Lipinski definition) is 4. The van der Waals surface area contributed by atoms with Crippen molar-refractivity contribution in [2.24, 2.45) is 0 Å². The standard InChI is InChI=1S/C14H12ClNO3/c15-14(18)10-5-3-7-16(10)11-8-13(17)19-12-6-2-1-4-9(11)12/h1-2,4,6,8,10H,3,5,7H2/t10-/m0/s1. The van der Waals surface area contributed by atoms with Crippen LogP contribution in [0.4, 0.5) is 5.69 Å². The molecule has 0 bridgehead atoms. The zero-order valence-corrected chi connectivity index (χ0v) is 10.9. The topological polar surface area (TPSA) is 50.5 Å². The van der Waals surface area contributed by atoms with Crippen LogP contribution < -0.4 is 10.5 Å². The number of carbonyl (C=O) groups excluding carboxylic acids is 1. The predicted molar refractivity (Wildman–Crippen MR) is 73.7 cm³/mol. The second-order valence-electron chi connectivity index (χ2n) is 4.60. The molecule has 1 aliphatic rings. The Morgan fingerprint density at radius 1 is 1.37 bits per heavy atom. The number of nitrogens with zero attached hydrogens (tertiary/aromatic N) is 1. The molecule has 0 amide bonds. The quantitative estimate of drug-likeness (QED) is 0.625. The fraction of sp³-hybridized carbons (Fsp3) is 0.286. The molecule has 4 nitrogen and oxygen atoms in total. The highest BCUT2D eigenvalue weighted by Gasteiger charge is 2.31. The van der Waals surface area contributed by atoms with Gasteiger partial charge in [-0.2, -0.15) is 0 Å². The molecule has 0 aliphatic carbocycles. The van der Waals surface area contributed by atoms with Crippen molar-refractivity contribution in [3.63, 3.8) is 0 Å². The summed E-state index contributed by atoms with van der Waals surface area (Å²) in [5, 5.41) is 0.446. The van der Waals surface area contributed by atoms with Gasteiger partial charge in [-0.1, -0.05) is 12.1 Å². The van der Waals surface area contributed by atoms with Crippen molar-refractivity contribution in [1.82, 2.24) is 0 Å². The number of rotatable bonds is 2. The van der Waals surface area contributed by atoms with Crippen LogP contribution in [0.2, 0.25) is 0 Å². The molecule has 0 N–H and O–H groups in total. The summed E-state index contributed by atoms with van der Waals surface area (Å²) in [4.78, 5) is 25.0. The van der Waals surface area contributed by atoms with Crippen molar-refractivity contribution in [3.05, 3.63) is 40.8 Å². The summed E-state index contributed by atoms with van der Waals surface area (Å²) in [5.74, 6) is 0. The average molecular weight is 278 g/mol. The van der Waals surface area contributed by atoms with Crippen LogP contribution in [0.5, 0.6) is 0 Å². The van der Waals surface area contributed by atoms with Gasteiger partial charge in [-0.3, -0.25) is 4.79 Å². The molecule has 19 heavy (non-hydrogen) atoms. The maximum atomic E-state index is 11.6. The number of carbonyl (C=O) groups is 1. The highest BCUT2D eigenvalue weighted by Crippen LogP contribution is 2.31. The van der Waals surface area contributed by atoms with Crippen molar-refractivity contribution < 1.29 is 9.21 Å². The molecule has 1 aromatic heterocycles. The van der Waals surface area contributed by atoms with Gasteiger partial charge >= 0.3 is 5.63 Å². The van der Waals surface area contributed by atoms with Crippen LogP contribution in [0, 0.1) is 0 Å². The minimum atomic E-state index is -0.415. The molecule has 3 rings (SSSR count). The van der Waals surface area contributed by atoms with Gasteiger partial charge in [0.2, 0.25) is 5.24 Å². The van der Waals surface area contributed by atoms with E-state index in [2.05, 4.69) is 0 Å². The lowest BCUT2D eigenvalue weighted by Crippen LogP contribution is -2.34. The van der Waals surface area contributed by atoms with E-state index < -0.39 is 5.63 Å². The fourth-order valence-corrected chi connectivity index (χ4v) is 2.85. The molecule has 0 saturated carbocycles. The molecule has 1 fully saturated rings. The van der Waals surface area contributed by atoms with Crippen molar-refractivity contribution in [3.8, 4) is 0 Å². The zero-order valence-electron chi connectivity index (χ0n) is 10.1. The normalized spacial score (nSPS) is 19.0. The minimum absolute atomic E-state index is 0.355. The van der Waals surface area contributed by atoms with Gasteiger partial charge in [-0.15, -0.1) is 0 Å². The lowest BCUT2D eigenvalue weighted by atomic mass is 10.1. The van der Waals surface area contributed by atoms with E-state index >= 15 is 0 Å². The van der Waals surface area contributed by atoms with Crippen LogP contribution in [0.3, 0.4) is 0 Å². The highest BCUT2D eigenvalue weighted by molar-refractivity contribution is 6.65. The SMILES string of the molecule is O=C(Cl)[C@@H]1CCCN1c1cc(=O)oc2ccccc12. The van der Waals surface area contributed by atoms with Gasteiger partial charge in [-0.05, 0) is 36.6 Å². The minimum Gasteiger partial charge on any atom is -0.423 e. The summed E-state index contributed by atoms with van der Waals surface area (Å²) in [5.41, 5.74) is 0.836. The molecule has 0 radical (unpaired) electrons. The van der Waals surface area contributed by atoms with Gasteiger partial charge in [0.15, 0.2) is 0 Å². The Balaban J connectivity index is 2.19. The molecule has 1 atom stereocenters. The molecule has 2 heterocycles. The van der Waals surface area contributed by atoms with Crippen molar-refractivity contribution >= 4 is 33.5 Å². The highest BCUT2D eigenvalue weighted by atomic mass is 35.5. The first kappa shape index (κ1) is 12.2.